The van der Waals surface area contributed by atoms with Crippen molar-refractivity contribution in [2.75, 3.05) is 33.7 Å². The summed E-state index contributed by atoms with van der Waals surface area (Å²) in [7, 11) is 4.13. The third-order valence-corrected chi connectivity index (χ3v) is 14.1. The van der Waals surface area contributed by atoms with Gasteiger partial charge in [-0.05, 0) is 106 Å². The highest BCUT2D eigenvalue weighted by Crippen LogP contribution is 2.88. The number of rotatable bonds is 9. The van der Waals surface area contributed by atoms with E-state index in [9.17, 15) is 14.4 Å². The van der Waals surface area contributed by atoms with E-state index in [0.29, 0.717) is 13.0 Å². The molecule has 2 aliphatic heterocycles. The molecule has 6 aliphatic rings. The van der Waals surface area contributed by atoms with Crippen molar-refractivity contribution >= 4 is 24.5 Å². The lowest BCUT2D eigenvalue weighted by Gasteiger charge is -2.37. The van der Waals surface area contributed by atoms with E-state index < -0.39 is 29.4 Å². The first-order valence-corrected chi connectivity index (χ1v) is 21.0. The highest BCUT2D eigenvalue weighted by molar-refractivity contribution is 5.94. The number of nitrogens with zero attached hydrogens (tertiary/aromatic N) is 2. The maximum absolute atomic E-state index is 13.9. The first-order chi connectivity index (χ1) is 25.4. The fourth-order valence-electron chi connectivity index (χ4n) is 10.0. The van der Waals surface area contributed by atoms with Crippen molar-refractivity contribution in [3.63, 3.8) is 0 Å². The van der Waals surface area contributed by atoms with E-state index in [1.807, 2.05) is 40.7 Å². The second-order valence-electron chi connectivity index (χ2n) is 18.5. The summed E-state index contributed by atoms with van der Waals surface area (Å²) in [5.41, 5.74) is 13.1. The molecule has 310 valence electrons. The van der Waals surface area contributed by atoms with Crippen LogP contribution in [0.2, 0.25) is 0 Å². The molecular formula is C44H80N6O4. The molecule has 6 N–H and O–H groups in total. The van der Waals surface area contributed by atoms with Gasteiger partial charge in [0.2, 0.25) is 17.7 Å². The van der Waals surface area contributed by atoms with Gasteiger partial charge in [0.05, 0.1) is 6.04 Å². The minimum Gasteiger partial charge on any atom is -0.392 e. The highest BCUT2D eigenvalue weighted by Gasteiger charge is 2.85. The molecule has 4 saturated carbocycles. The van der Waals surface area contributed by atoms with E-state index in [-0.39, 0.29) is 34.0 Å². The summed E-state index contributed by atoms with van der Waals surface area (Å²) in [5, 5.41) is 6.10. The standard InChI is InChI=1S/C26H44N4O3.C8H15N.C5H11N.C4H8.CH2O/c1-23(2,3)19(29-21(32)18(27)16-10-7-6-8-11-16)22(33)30-15-26(14-17(30)20(28)31)24(4,5)25(26)12-9-13-25;1-4-7-5-8(7)6(2)9-3;1-6-4-2-3-5-6;1-3-4-2;1-2/h16-19H,6-15,27H2,1-5H3,(H2,28,31)(H,29,32);7-9H,2,4-5H2,1,3H3;2-5H2,1H3;3H,1,4H2,2H3;1H2/t17?,18?,19-,26-;7-,8-;;;/m11.../s1. The summed E-state index contributed by atoms with van der Waals surface area (Å²) >= 11 is 0. The Morgan fingerprint density at radius 2 is 1.52 bits per heavy atom. The Morgan fingerprint density at radius 3 is 1.87 bits per heavy atom. The van der Waals surface area contributed by atoms with Crippen LogP contribution in [0, 0.1) is 39.4 Å². The zero-order chi connectivity index (χ0) is 41.1. The molecule has 10 heteroatoms. The number of amides is 3. The Kier molecular flexibility index (Phi) is 18.0. The summed E-state index contributed by atoms with van der Waals surface area (Å²) in [6, 6.07) is -1.98. The van der Waals surface area contributed by atoms with Crippen LogP contribution >= 0.6 is 0 Å². The predicted octanol–water partition coefficient (Wildman–Crippen LogP) is 6.58. The monoisotopic (exact) mass is 757 g/mol. The van der Waals surface area contributed by atoms with Crippen LogP contribution in [-0.4, -0.2) is 86.2 Å². The molecule has 0 aromatic rings. The largest absolute Gasteiger partial charge is 0.392 e. The normalized spacial score (nSPS) is 28.4. The SMILES string of the molecule is C=C(NC)[C@H]1C[C@H]1CC.C=CCC.C=O.CC(C)(C)[C@H](NC(=O)C(N)C1CCCCC1)C(=O)N1C[C@]2(CC1C(N)=O)C(C)(C)C21CCC1.CN1CCCC1. The lowest BCUT2D eigenvalue weighted by atomic mass is 9.73. The van der Waals surface area contributed by atoms with Crippen LogP contribution in [0.4, 0.5) is 0 Å². The smallest absolute Gasteiger partial charge is 0.246 e. The van der Waals surface area contributed by atoms with Gasteiger partial charge >= 0.3 is 0 Å². The maximum Gasteiger partial charge on any atom is 0.246 e. The first-order valence-electron chi connectivity index (χ1n) is 21.0. The molecule has 54 heavy (non-hydrogen) atoms. The van der Waals surface area contributed by atoms with Crippen molar-refractivity contribution in [2.24, 2.45) is 50.9 Å². The number of nitrogens with one attached hydrogen (secondary N) is 2. The molecular weight excluding hydrogens is 677 g/mol. The van der Waals surface area contributed by atoms with E-state index in [4.69, 9.17) is 16.3 Å². The van der Waals surface area contributed by atoms with Gasteiger partial charge in [0.1, 0.15) is 18.9 Å². The minimum atomic E-state index is -0.754. The van der Waals surface area contributed by atoms with E-state index in [1.54, 1.807) is 4.90 Å². The number of fused-ring (bicyclic) bond motifs is 1. The van der Waals surface area contributed by atoms with Gasteiger partial charge in [0.15, 0.2) is 0 Å². The topological polar surface area (TPSA) is 151 Å². The summed E-state index contributed by atoms with van der Waals surface area (Å²) in [6.07, 6.45) is 17.9. The zero-order valence-electron chi connectivity index (χ0n) is 35.9. The lowest BCUT2D eigenvalue weighted by molar-refractivity contribution is -0.143. The number of carbonyl (C=O) groups excluding carboxylic acids is 4. The second-order valence-corrected chi connectivity index (χ2v) is 18.5. The minimum absolute atomic E-state index is 0.0570. The number of hydrogen-bond donors (Lipinski definition) is 4. The average molecular weight is 757 g/mol. The quantitative estimate of drug-likeness (QED) is 0.194. The van der Waals surface area contributed by atoms with Crippen LogP contribution in [-0.2, 0) is 19.2 Å². The zero-order valence-corrected chi connectivity index (χ0v) is 35.9. The Bertz CT molecular complexity index is 1250. The van der Waals surface area contributed by atoms with Gasteiger partial charge in [-0.3, -0.25) is 14.4 Å². The highest BCUT2D eigenvalue weighted by atomic mass is 16.2. The lowest BCUT2D eigenvalue weighted by Crippen LogP contribution is -2.60. The number of likely N-dealkylation sites (tertiary alicyclic amines) is 2. The van der Waals surface area contributed by atoms with E-state index in [0.717, 1.165) is 56.8 Å². The number of allylic oxidation sites excluding steroid dienone is 2. The number of hydrogen-bond acceptors (Lipinski definition) is 7. The molecule has 0 bridgehead atoms. The molecule has 2 unspecified atom stereocenters. The van der Waals surface area contributed by atoms with Crippen LogP contribution in [0.3, 0.4) is 0 Å². The van der Waals surface area contributed by atoms with Crippen molar-refractivity contribution in [3.05, 3.63) is 24.9 Å². The van der Waals surface area contributed by atoms with E-state index in [2.05, 4.69) is 63.4 Å². The van der Waals surface area contributed by atoms with Crippen LogP contribution in [0.5, 0.6) is 0 Å². The molecule has 0 aromatic carbocycles. The number of carbonyl (C=O) groups is 4. The molecule has 6 fully saturated rings. The summed E-state index contributed by atoms with van der Waals surface area (Å²) < 4.78 is 0. The van der Waals surface area contributed by atoms with Crippen LogP contribution in [0.25, 0.3) is 0 Å². The maximum atomic E-state index is 13.9. The molecule has 0 radical (unpaired) electrons. The molecule has 6 atom stereocenters. The third-order valence-electron chi connectivity index (χ3n) is 14.1. The molecule has 4 aliphatic carbocycles. The average Bonchev–Trinajstić information content (AvgIpc) is 3.79. The molecule has 0 aromatic heterocycles. The van der Waals surface area contributed by atoms with Gasteiger partial charge in [-0.1, -0.05) is 93.2 Å². The molecule has 2 saturated heterocycles. The Morgan fingerprint density at radius 1 is 0.963 bits per heavy atom. The summed E-state index contributed by atoms with van der Waals surface area (Å²) in [6.45, 7) is 27.3. The Balaban J connectivity index is 0.000000388. The molecule has 2 spiro atoms. The molecule has 6 rings (SSSR count). The Hall–Kier alpha value is -2.72. The van der Waals surface area contributed by atoms with Gasteiger partial charge in [0, 0.05) is 30.6 Å². The van der Waals surface area contributed by atoms with Crippen LogP contribution < -0.4 is 22.1 Å². The predicted molar refractivity (Wildman–Crippen MR) is 222 cm³/mol. The van der Waals surface area contributed by atoms with Gasteiger partial charge in [0.25, 0.3) is 0 Å². The van der Waals surface area contributed by atoms with Gasteiger partial charge < -0.3 is 36.7 Å². The summed E-state index contributed by atoms with van der Waals surface area (Å²) in [5.74, 6) is 0.973. The number of nitrogens with two attached hydrogens (primary N) is 2. The second kappa shape index (κ2) is 20.4. The first kappa shape index (κ1) is 47.4. The van der Waals surface area contributed by atoms with Gasteiger partial charge in [-0.15, -0.1) is 6.58 Å². The van der Waals surface area contributed by atoms with E-state index in [1.165, 1.54) is 57.3 Å². The van der Waals surface area contributed by atoms with Crippen molar-refractivity contribution < 1.29 is 19.2 Å². The third kappa shape index (κ3) is 10.6. The fourth-order valence-corrected chi connectivity index (χ4v) is 10.0. The van der Waals surface area contributed by atoms with Gasteiger partial charge in [-0.25, -0.2) is 0 Å². The molecule has 2 heterocycles. The Labute approximate surface area is 329 Å². The number of primary amides is 1. The van der Waals surface area contributed by atoms with Crippen molar-refractivity contribution in [3.8, 4) is 0 Å². The molecule has 3 amide bonds. The van der Waals surface area contributed by atoms with Crippen molar-refractivity contribution in [1.29, 1.82) is 0 Å². The van der Waals surface area contributed by atoms with Gasteiger partial charge in [-0.2, -0.15) is 0 Å². The van der Waals surface area contributed by atoms with Crippen molar-refractivity contribution in [1.82, 2.24) is 20.4 Å². The fraction of sp³-hybridized carbons (Fsp3) is 0.818. The summed E-state index contributed by atoms with van der Waals surface area (Å²) in [4.78, 5) is 51.6. The van der Waals surface area contributed by atoms with Crippen LogP contribution in [0.1, 0.15) is 138 Å². The van der Waals surface area contributed by atoms with Crippen molar-refractivity contribution in [2.45, 2.75) is 156 Å². The molecule has 10 nitrogen and oxygen atoms in total. The van der Waals surface area contributed by atoms with Crippen LogP contribution in [0.15, 0.2) is 24.9 Å². The van der Waals surface area contributed by atoms with E-state index >= 15 is 0 Å².